The lowest BCUT2D eigenvalue weighted by molar-refractivity contribution is 0.692. The second-order valence-corrected chi connectivity index (χ2v) is 6.89. The average molecular weight is 472 g/mol. The second-order valence-electron chi connectivity index (χ2n) is 5.95. The zero-order valence-corrected chi connectivity index (χ0v) is 18.5. The number of hydrogen-bond donors (Lipinski definition) is 2. The summed E-state index contributed by atoms with van der Waals surface area (Å²) in [4.78, 5) is 9.17. The smallest absolute Gasteiger partial charge is 0.191 e. The molecule has 2 aromatic rings. The maximum Gasteiger partial charge on any atom is 0.191 e. The highest BCUT2D eigenvalue weighted by atomic mass is 127. The van der Waals surface area contributed by atoms with Crippen LogP contribution in [0.1, 0.15) is 41.6 Å². The Kier molecular flexibility index (Phi) is 10.7. The van der Waals surface area contributed by atoms with E-state index in [9.17, 15) is 0 Å². The molecule has 0 bridgehead atoms. The molecule has 4 nitrogen and oxygen atoms in total. The molecule has 0 spiro atoms. The number of thiazole rings is 1. The van der Waals surface area contributed by atoms with E-state index >= 15 is 0 Å². The Morgan fingerprint density at radius 2 is 2.04 bits per heavy atom. The zero-order valence-electron chi connectivity index (χ0n) is 15.3. The van der Waals surface area contributed by atoms with Gasteiger partial charge in [0.1, 0.15) is 0 Å². The van der Waals surface area contributed by atoms with Crippen molar-refractivity contribution in [3.63, 3.8) is 0 Å². The van der Waals surface area contributed by atoms with Crippen molar-refractivity contribution < 1.29 is 0 Å². The molecule has 0 saturated heterocycles. The number of hydrogen-bond acceptors (Lipinski definition) is 3. The third-order valence-corrected chi connectivity index (χ3v) is 4.65. The van der Waals surface area contributed by atoms with Crippen LogP contribution in [0.2, 0.25) is 0 Å². The number of benzene rings is 1. The summed E-state index contributed by atoms with van der Waals surface area (Å²) in [6, 6.07) is 8.50. The molecule has 0 fully saturated rings. The molecule has 1 heterocycles. The predicted octanol–water partition coefficient (Wildman–Crippen LogP) is 4.46. The monoisotopic (exact) mass is 472 g/mol. The topological polar surface area (TPSA) is 49.3 Å². The zero-order chi connectivity index (χ0) is 17.2. The van der Waals surface area contributed by atoms with Crippen molar-refractivity contribution in [2.24, 2.45) is 4.99 Å². The Morgan fingerprint density at radius 1 is 1.20 bits per heavy atom. The first-order valence-electron chi connectivity index (χ1n) is 8.66. The van der Waals surface area contributed by atoms with E-state index in [1.165, 1.54) is 16.1 Å². The molecule has 2 rings (SSSR count). The van der Waals surface area contributed by atoms with Crippen LogP contribution in [0.5, 0.6) is 0 Å². The third kappa shape index (κ3) is 8.67. The standard InChI is InChI=1S/C19H28N4S.HI/c1-4-20-19(22-13-17-9-7-8-15(2)12-17)21-11-6-5-10-18-23-16(3)14-24-18;/h7-9,12,14H,4-6,10-11,13H2,1-3H3,(H2,20,21,22);1H. The first kappa shape index (κ1) is 21.9. The van der Waals surface area contributed by atoms with Gasteiger partial charge in [0.2, 0.25) is 0 Å². The highest BCUT2D eigenvalue weighted by molar-refractivity contribution is 14.0. The number of unbranched alkanes of at least 4 members (excludes halogenated alkanes) is 1. The second kappa shape index (κ2) is 12.2. The fraction of sp³-hybridized carbons (Fsp3) is 0.474. The van der Waals surface area contributed by atoms with Crippen LogP contribution in [-0.4, -0.2) is 24.0 Å². The fourth-order valence-corrected chi connectivity index (χ4v) is 3.27. The predicted molar refractivity (Wildman–Crippen MR) is 119 cm³/mol. The number of aliphatic imine (C=N–C) groups is 1. The first-order valence-corrected chi connectivity index (χ1v) is 9.54. The van der Waals surface area contributed by atoms with E-state index in [0.717, 1.165) is 44.0 Å². The van der Waals surface area contributed by atoms with Crippen LogP contribution in [0.25, 0.3) is 0 Å². The van der Waals surface area contributed by atoms with Gasteiger partial charge in [-0.15, -0.1) is 35.3 Å². The number of nitrogens with one attached hydrogen (secondary N) is 2. The van der Waals surface area contributed by atoms with Crippen LogP contribution in [0.3, 0.4) is 0 Å². The summed E-state index contributed by atoms with van der Waals surface area (Å²) >= 11 is 1.76. The summed E-state index contributed by atoms with van der Waals surface area (Å²) in [5.41, 5.74) is 3.65. The molecule has 25 heavy (non-hydrogen) atoms. The van der Waals surface area contributed by atoms with Crippen molar-refractivity contribution in [3.05, 3.63) is 51.5 Å². The van der Waals surface area contributed by atoms with Gasteiger partial charge in [-0.25, -0.2) is 9.98 Å². The van der Waals surface area contributed by atoms with Crippen molar-refractivity contribution in [2.45, 2.75) is 46.6 Å². The lowest BCUT2D eigenvalue weighted by atomic mass is 10.1. The number of guanidine groups is 1. The van der Waals surface area contributed by atoms with E-state index in [1.54, 1.807) is 11.3 Å². The van der Waals surface area contributed by atoms with Gasteiger partial charge >= 0.3 is 0 Å². The quantitative estimate of drug-likeness (QED) is 0.258. The lowest BCUT2D eigenvalue weighted by Gasteiger charge is -2.11. The summed E-state index contributed by atoms with van der Waals surface area (Å²) < 4.78 is 0. The van der Waals surface area contributed by atoms with Crippen molar-refractivity contribution >= 4 is 41.3 Å². The van der Waals surface area contributed by atoms with E-state index in [-0.39, 0.29) is 24.0 Å². The molecule has 1 aromatic carbocycles. The van der Waals surface area contributed by atoms with Gasteiger partial charge in [0.15, 0.2) is 5.96 Å². The van der Waals surface area contributed by atoms with Gasteiger partial charge in [0, 0.05) is 24.2 Å². The summed E-state index contributed by atoms with van der Waals surface area (Å²) in [5, 5.41) is 10.1. The van der Waals surface area contributed by atoms with Gasteiger partial charge in [0.25, 0.3) is 0 Å². The SMILES string of the molecule is CCNC(=NCc1cccc(C)c1)NCCCCc1nc(C)cs1.I. The Hall–Kier alpha value is -1.15. The van der Waals surface area contributed by atoms with E-state index in [1.807, 2.05) is 0 Å². The molecule has 2 N–H and O–H groups in total. The van der Waals surface area contributed by atoms with E-state index < -0.39 is 0 Å². The van der Waals surface area contributed by atoms with Gasteiger partial charge in [-0.3, -0.25) is 0 Å². The van der Waals surface area contributed by atoms with E-state index in [4.69, 9.17) is 0 Å². The van der Waals surface area contributed by atoms with Crippen LogP contribution in [0, 0.1) is 13.8 Å². The molecule has 0 radical (unpaired) electrons. The molecule has 0 saturated carbocycles. The molecule has 0 amide bonds. The molecule has 0 atom stereocenters. The molecule has 138 valence electrons. The number of aromatic nitrogens is 1. The van der Waals surface area contributed by atoms with Crippen LogP contribution in [-0.2, 0) is 13.0 Å². The van der Waals surface area contributed by atoms with Gasteiger partial charge in [-0.05, 0) is 45.6 Å². The molecule has 6 heteroatoms. The maximum atomic E-state index is 4.67. The normalized spacial score (nSPS) is 11.1. The highest BCUT2D eigenvalue weighted by Crippen LogP contribution is 2.11. The molecule has 0 aliphatic heterocycles. The Balaban J connectivity index is 0.00000312. The summed E-state index contributed by atoms with van der Waals surface area (Å²) in [6.07, 6.45) is 3.34. The lowest BCUT2D eigenvalue weighted by Crippen LogP contribution is -2.37. The van der Waals surface area contributed by atoms with Crippen LogP contribution in [0.4, 0.5) is 0 Å². The molecular formula is C19H29IN4S. The van der Waals surface area contributed by atoms with Crippen LogP contribution in [0.15, 0.2) is 34.6 Å². The molecule has 1 aromatic heterocycles. The van der Waals surface area contributed by atoms with E-state index in [0.29, 0.717) is 6.54 Å². The van der Waals surface area contributed by atoms with Crippen molar-refractivity contribution in [1.29, 1.82) is 0 Å². The first-order chi connectivity index (χ1) is 11.7. The average Bonchev–Trinajstić information content (AvgIpc) is 2.97. The fourth-order valence-electron chi connectivity index (χ4n) is 2.45. The highest BCUT2D eigenvalue weighted by Gasteiger charge is 2.00. The molecule has 0 unspecified atom stereocenters. The van der Waals surface area contributed by atoms with Gasteiger partial charge in [-0.2, -0.15) is 0 Å². The molecule has 0 aliphatic rings. The van der Waals surface area contributed by atoms with Gasteiger partial charge < -0.3 is 10.6 Å². The number of nitrogens with zero attached hydrogens (tertiary/aromatic N) is 2. The summed E-state index contributed by atoms with van der Waals surface area (Å²) in [6.45, 7) is 8.77. The minimum Gasteiger partial charge on any atom is -0.357 e. The Bertz CT molecular complexity index is 654. The molecule has 0 aliphatic carbocycles. The van der Waals surface area contributed by atoms with Crippen molar-refractivity contribution in [1.82, 2.24) is 15.6 Å². The van der Waals surface area contributed by atoms with E-state index in [2.05, 4.69) is 71.0 Å². The van der Waals surface area contributed by atoms with Crippen LogP contribution < -0.4 is 10.6 Å². The summed E-state index contributed by atoms with van der Waals surface area (Å²) in [7, 11) is 0. The third-order valence-electron chi connectivity index (χ3n) is 3.62. The van der Waals surface area contributed by atoms with Crippen LogP contribution >= 0.6 is 35.3 Å². The molecular weight excluding hydrogens is 443 g/mol. The maximum absolute atomic E-state index is 4.67. The largest absolute Gasteiger partial charge is 0.357 e. The Labute approximate surface area is 172 Å². The number of halogens is 1. The number of rotatable bonds is 8. The van der Waals surface area contributed by atoms with Crippen molar-refractivity contribution in [2.75, 3.05) is 13.1 Å². The summed E-state index contributed by atoms with van der Waals surface area (Å²) in [5.74, 6) is 0.893. The van der Waals surface area contributed by atoms with Gasteiger partial charge in [0.05, 0.1) is 11.6 Å². The Morgan fingerprint density at radius 3 is 2.72 bits per heavy atom. The minimum absolute atomic E-state index is 0. The number of aryl methyl sites for hydroxylation is 3. The van der Waals surface area contributed by atoms with Gasteiger partial charge in [-0.1, -0.05) is 29.8 Å². The van der Waals surface area contributed by atoms with Crippen molar-refractivity contribution in [3.8, 4) is 0 Å². The minimum atomic E-state index is 0.